The molecule has 0 aromatic carbocycles. The molecule has 0 unspecified atom stereocenters. The average Bonchev–Trinajstić information content (AvgIpc) is 2.45. The molecular weight excluding hydrogens is 278 g/mol. The van der Waals surface area contributed by atoms with Crippen LogP contribution in [-0.4, -0.2) is 42.3 Å². The highest BCUT2D eigenvalue weighted by molar-refractivity contribution is 5.88. The van der Waals surface area contributed by atoms with E-state index >= 15 is 0 Å². The Labute approximate surface area is 122 Å². The molecule has 1 aliphatic heterocycles. The molecule has 0 aromatic rings. The lowest BCUT2D eigenvalue weighted by atomic mass is 10.1. The number of aliphatic carboxylic acids is 1. The fraction of sp³-hybridized carbons (Fsp3) is 0.692. The Bertz CT molecular complexity index is 424. The lowest BCUT2D eigenvalue weighted by Gasteiger charge is -2.23. The third-order valence-electron chi connectivity index (χ3n) is 3.22. The van der Waals surface area contributed by atoms with Crippen molar-refractivity contribution in [3.8, 4) is 0 Å². The molecule has 3 amide bonds. The SMILES string of the molecule is CCC(=O)N[C@@H](CCC(=O)N[C@H]1CCCNC1=O)C(=O)[O-]. The lowest BCUT2D eigenvalue weighted by Crippen LogP contribution is -2.51. The minimum Gasteiger partial charge on any atom is -0.548 e. The van der Waals surface area contributed by atoms with Crippen molar-refractivity contribution in [2.75, 3.05) is 6.54 Å². The molecule has 0 saturated carbocycles. The fourth-order valence-electron chi connectivity index (χ4n) is 2.00. The van der Waals surface area contributed by atoms with Crippen LogP contribution in [0.1, 0.15) is 39.0 Å². The van der Waals surface area contributed by atoms with Crippen molar-refractivity contribution < 1.29 is 24.3 Å². The molecule has 0 aliphatic carbocycles. The molecule has 0 radical (unpaired) electrons. The molecular formula is C13H20N3O5-. The lowest BCUT2D eigenvalue weighted by molar-refractivity contribution is -0.308. The maximum atomic E-state index is 11.7. The van der Waals surface area contributed by atoms with Crippen molar-refractivity contribution in [3.05, 3.63) is 0 Å². The van der Waals surface area contributed by atoms with Crippen LogP contribution in [0.4, 0.5) is 0 Å². The summed E-state index contributed by atoms with van der Waals surface area (Å²) in [4.78, 5) is 45.3. The smallest absolute Gasteiger partial charge is 0.242 e. The van der Waals surface area contributed by atoms with E-state index in [2.05, 4.69) is 16.0 Å². The van der Waals surface area contributed by atoms with E-state index in [4.69, 9.17) is 0 Å². The van der Waals surface area contributed by atoms with Crippen LogP contribution in [0.5, 0.6) is 0 Å². The number of nitrogens with one attached hydrogen (secondary N) is 3. The first-order valence-corrected chi connectivity index (χ1v) is 7.01. The molecule has 1 aliphatic rings. The van der Waals surface area contributed by atoms with E-state index < -0.39 is 29.9 Å². The van der Waals surface area contributed by atoms with Gasteiger partial charge in [-0.2, -0.15) is 0 Å². The van der Waals surface area contributed by atoms with Crippen LogP contribution < -0.4 is 21.1 Å². The van der Waals surface area contributed by atoms with Crippen molar-refractivity contribution in [2.45, 2.75) is 51.1 Å². The van der Waals surface area contributed by atoms with Crippen LogP contribution >= 0.6 is 0 Å². The highest BCUT2D eigenvalue weighted by atomic mass is 16.4. The minimum absolute atomic E-state index is 0.0752. The number of carboxylic acids is 1. The summed E-state index contributed by atoms with van der Waals surface area (Å²) in [6.07, 6.45) is 1.32. The molecule has 0 spiro atoms. The van der Waals surface area contributed by atoms with Crippen molar-refractivity contribution in [1.82, 2.24) is 16.0 Å². The zero-order valence-electron chi connectivity index (χ0n) is 11.9. The van der Waals surface area contributed by atoms with E-state index in [1.807, 2.05) is 0 Å². The second kappa shape index (κ2) is 8.23. The maximum Gasteiger partial charge on any atom is 0.242 e. The van der Waals surface area contributed by atoms with Gasteiger partial charge in [0.25, 0.3) is 0 Å². The molecule has 21 heavy (non-hydrogen) atoms. The fourth-order valence-corrected chi connectivity index (χ4v) is 2.00. The molecule has 8 heteroatoms. The summed E-state index contributed by atoms with van der Waals surface area (Å²) in [5, 5.41) is 18.4. The quantitative estimate of drug-likeness (QED) is 0.492. The Morgan fingerprint density at radius 1 is 1.38 bits per heavy atom. The molecule has 1 rings (SSSR count). The number of piperidine rings is 1. The van der Waals surface area contributed by atoms with Gasteiger partial charge in [-0.25, -0.2) is 0 Å². The number of carbonyl (C=O) groups is 4. The standard InChI is InChI=1S/C13H21N3O5/c1-2-10(17)16-9(13(20)21)5-6-11(18)15-8-4-3-7-14-12(8)19/h8-9H,2-7H2,1H3,(H,14,19)(H,15,18)(H,16,17)(H,20,21)/p-1/t8-,9-/m0/s1. The van der Waals surface area contributed by atoms with E-state index in [0.29, 0.717) is 13.0 Å². The first-order chi connectivity index (χ1) is 9.93. The van der Waals surface area contributed by atoms with Crippen LogP contribution in [0.15, 0.2) is 0 Å². The van der Waals surface area contributed by atoms with E-state index in [-0.39, 0.29) is 25.2 Å². The second-order valence-electron chi connectivity index (χ2n) is 4.88. The van der Waals surface area contributed by atoms with Gasteiger partial charge in [0.2, 0.25) is 17.7 Å². The summed E-state index contributed by atoms with van der Waals surface area (Å²) >= 11 is 0. The van der Waals surface area contributed by atoms with Gasteiger partial charge in [0.15, 0.2) is 0 Å². The van der Waals surface area contributed by atoms with Crippen LogP contribution in [0.3, 0.4) is 0 Å². The average molecular weight is 298 g/mol. The molecule has 1 fully saturated rings. The van der Waals surface area contributed by atoms with Crippen LogP contribution in [0.2, 0.25) is 0 Å². The monoisotopic (exact) mass is 298 g/mol. The predicted octanol–water partition coefficient (Wildman–Crippen LogP) is -2.19. The van der Waals surface area contributed by atoms with Gasteiger partial charge in [0, 0.05) is 19.4 Å². The van der Waals surface area contributed by atoms with Gasteiger partial charge in [-0.15, -0.1) is 0 Å². The van der Waals surface area contributed by atoms with Gasteiger partial charge in [0.05, 0.1) is 12.0 Å². The number of hydrogen-bond acceptors (Lipinski definition) is 5. The summed E-state index contributed by atoms with van der Waals surface area (Å²) < 4.78 is 0. The summed E-state index contributed by atoms with van der Waals surface area (Å²) in [5.41, 5.74) is 0. The van der Waals surface area contributed by atoms with Crippen molar-refractivity contribution in [3.63, 3.8) is 0 Å². The zero-order chi connectivity index (χ0) is 15.8. The number of carboxylic acid groups (broad SMARTS) is 1. The number of amides is 3. The molecule has 2 atom stereocenters. The molecule has 1 heterocycles. The van der Waals surface area contributed by atoms with Gasteiger partial charge < -0.3 is 25.9 Å². The van der Waals surface area contributed by atoms with E-state index in [9.17, 15) is 24.3 Å². The molecule has 0 bridgehead atoms. The van der Waals surface area contributed by atoms with Gasteiger partial charge in [-0.3, -0.25) is 14.4 Å². The summed E-state index contributed by atoms with van der Waals surface area (Å²) in [7, 11) is 0. The van der Waals surface area contributed by atoms with E-state index in [0.717, 1.165) is 6.42 Å². The van der Waals surface area contributed by atoms with Crippen molar-refractivity contribution in [1.29, 1.82) is 0 Å². The second-order valence-corrected chi connectivity index (χ2v) is 4.88. The predicted molar refractivity (Wildman–Crippen MR) is 70.6 cm³/mol. The summed E-state index contributed by atoms with van der Waals surface area (Å²) in [5.74, 6) is -2.50. The highest BCUT2D eigenvalue weighted by Crippen LogP contribution is 2.04. The van der Waals surface area contributed by atoms with E-state index in [1.54, 1.807) is 6.92 Å². The van der Waals surface area contributed by atoms with Crippen molar-refractivity contribution >= 4 is 23.7 Å². The van der Waals surface area contributed by atoms with Gasteiger partial charge >= 0.3 is 0 Å². The highest BCUT2D eigenvalue weighted by Gasteiger charge is 2.24. The van der Waals surface area contributed by atoms with Gasteiger partial charge in [-0.1, -0.05) is 6.92 Å². The number of carbonyl (C=O) groups excluding carboxylic acids is 4. The van der Waals surface area contributed by atoms with Gasteiger partial charge in [-0.05, 0) is 19.3 Å². The maximum absolute atomic E-state index is 11.7. The number of rotatable bonds is 7. The normalized spacial score (nSPS) is 19.3. The Morgan fingerprint density at radius 3 is 2.67 bits per heavy atom. The molecule has 3 N–H and O–H groups in total. The van der Waals surface area contributed by atoms with Crippen LogP contribution in [-0.2, 0) is 19.2 Å². The Balaban J connectivity index is 2.40. The third-order valence-corrected chi connectivity index (χ3v) is 3.22. The molecule has 118 valence electrons. The first kappa shape index (κ1) is 16.9. The Hall–Kier alpha value is -2.12. The minimum atomic E-state index is -1.43. The largest absolute Gasteiger partial charge is 0.548 e. The van der Waals surface area contributed by atoms with Crippen LogP contribution in [0, 0.1) is 0 Å². The summed E-state index contributed by atoms with van der Waals surface area (Å²) in [6, 6.07) is -1.78. The number of hydrogen-bond donors (Lipinski definition) is 3. The molecule has 0 aromatic heterocycles. The third kappa shape index (κ3) is 5.80. The van der Waals surface area contributed by atoms with Crippen molar-refractivity contribution in [2.24, 2.45) is 0 Å². The first-order valence-electron chi connectivity index (χ1n) is 7.01. The summed E-state index contributed by atoms with van der Waals surface area (Å²) in [6.45, 7) is 2.19. The van der Waals surface area contributed by atoms with Crippen LogP contribution in [0.25, 0.3) is 0 Å². The molecule has 1 saturated heterocycles. The molecule has 8 nitrogen and oxygen atoms in total. The Morgan fingerprint density at radius 2 is 2.10 bits per heavy atom. The van der Waals surface area contributed by atoms with Gasteiger partial charge in [0.1, 0.15) is 6.04 Å². The topological polar surface area (TPSA) is 127 Å². The zero-order valence-corrected chi connectivity index (χ0v) is 11.9. The Kier molecular flexibility index (Phi) is 6.64. The van der Waals surface area contributed by atoms with E-state index in [1.165, 1.54) is 0 Å².